The van der Waals surface area contributed by atoms with Crippen LogP contribution in [0.1, 0.15) is 32.1 Å². The normalized spacial score (nSPS) is 12.0. The van der Waals surface area contributed by atoms with Crippen molar-refractivity contribution < 1.29 is 4.79 Å². The number of amides is 1. The molecule has 0 fully saturated rings. The van der Waals surface area contributed by atoms with Crippen molar-refractivity contribution in [2.24, 2.45) is 0 Å². The summed E-state index contributed by atoms with van der Waals surface area (Å²) < 4.78 is 0. The maximum absolute atomic E-state index is 12.4. The van der Waals surface area contributed by atoms with E-state index < -0.39 is 6.04 Å². The highest BCUT2D eigenvalue weighted by Crippen LogP contribution is 2.26. The monoisotopic (exact) mass is 331 g/mol. The average Bonchev–Trinajstić information content (AvgIpc) is 3.14. The lowest BCUT2D eigenvalue weighted by molar-refractivity contribution is 0.0938. The SMILES string of the molecule is Cc1nc(C(=O)N[C@H](c2ccccc2)c2nnc(N)s2)cs1. The molecule has 1 aromatic carbocycles. The van der Waals surface area contributed by atoms with Crippen LogP contribution in [-0.4, -0.2) is 21.1 Å². The number of aromatic nitrogens is 3. The van der Waals surface area contributed by atoms with Crippen LogP contribution in [0.25, 0.3) is 0 Å². The summed E-state index contributed by atoms with van der Waals surface area (Å²) in [5.74, 6) is -0.244. The average molecular weight is 331 g/mol. The smallest absolute Gasteiger partial charge is 0.271 e. The highest BCUT2D eigenvalue weighted by atomic mass is 32.1. The van der Waals surface area contributed by atoms with Crippen molar-refractivity contribution in [3.05, 3.63) is 57.0 Å². The highest BCUT2D eigenvalue weighted by Gasteiger charge is 2.22. The molecule has 0 saturated carbocycles. The number of benzene rings is 1. The molecule has 0 aliphatic heterocycles. The van der Waals surface area contributed by atoms with Crippen molar-refractivity contribution >= 4 is 33.7 Å². The number of rotatable bonds is 4. The molecule has 0 unspecified atom stereocenters. The third-order valence-corrected chi connectivity index (χ3v) is 4.55. The first-order chi connectivity index (χ1) is 10.6. The Morgan fingerprint density at radius 1 is 1.27 bits per heavy atom. The number of hydrogen-bond donors (Lipinski definition) is 2. The molecule has 2 heterocycles. The Bertz CT molecular complexity index is 783. The molecule has 2 aromatic heterocycles. The summed E-state index contributed by atoms with van der Waals surface area (Å²) in [5.41, 5.74) is 6.98. The van der Waals surface area contributed by atoms with E-state index in [4.69, 9.17) is 5.73 Å². The summed E-state index contributed by atoms with van der Waals surface area (Å²) in [5, 5.41) is 14.4. The zero-order valence-corrected chi connectivity index (χ0v) is 13.3. The lowest BCUT2D eigenvalue weighted by Crippen LogP contribution is -2.29. The number of anilines is 1. The van der Waals surface area contributed by atoms with Crippen molar-refractivity contribution in [2.75, 3.05) is 5.73 Å². The fourth-order valence-electron chi connectivity index (χ4n) is 1.97. The van der Waals surface area contributed by atoms with Crippen LogP contribution in [0.3, 0.4) is 0 Å². The van der Waals surface area contributed by atoms with E-state index in [-0.39, 0.29) is 5.91 Å². The number of hydrogen-bond acceptors (Lipinski definition) is 7. The summed E-state index contributed by atoms with van der Waals surface area (Å²) in [7, 11) is 0. The molecule has 6 nitrogen and oxygen atoms in total. The summed E-state index contributed by atoms with van der Waals surface area (Å²) in [6.07, 6.45) is 0. The Kier molecular flexibility index (Phi) is 4.12. The molecule has 3 rings (SSSR count). The molecule has 0 saturated heterocycles. The van der Waals surface area contributed by atoms with Gasteiger partial charge in [-0.05, 0) is 12.5 Å². The van der Waals surface area contributed by atoms with Crippen molar-refractivity contribution in [3.8, 4) is 0 Å². The molecule has 22 heavy (non-hydrogen) atoms. The lowest BCUT2D eigenvalue weighted by atomic mass is 10.1. The summed E-state index contributed by atoms with van der Waals surface area (Å²) in [4.78, 5) is 16.6. The van der Waals surface area contributed by atoms with Crippen molar-refractivity contribution in [1.82, 2.24) is 20.5 Å². The van der Waals surface area contributed by atoms with Gasteiger partial charge < -0.3 is 11.1 Å². The van der Waals surface area contributed by atoms with Crippen LogP contribution in [0, 0.1) is 6.92 Å². The quantitative estimate of drug-likeness (QED) is 0.765. The van der Waals surface area contributed by atoms with E-state index in [0.29, 0.717) is 15.8 Å². The summed E-state index contributed by atoms with van der Waals surface area (Å²) in [6, 6.07) is 9.19. The largest absolute Gasteiger partial charge is 0.374 e. The Morgan fingerprint density at radius 3 is 2.64 bits per heavy atom. The minimum absolute atomic E-state index is 0.244. The number of thiazole rings is 1. The fourth-order valence-corrected chi connectivity index (χ4v) is 3.25. The molecule has 3 aromatic rings. The molecule has 0 radical (unpaired) electrons. The maximum Gasteiger partial charge on any atom is 0.271 e. The van der Waals surface area contributed by atoms with Crippen LogP contribution >= 0.6 is 22.7 Å². The molecule has 0 aliphatic carbocycles. The maximum atomic E-state index is 12.4. The Labute approximate surface area is 135 Å². The molecule has 112 valence electrons. The number of nitrogens with two attached hydrogens (primary N) is 1. The zero-order chi connectivity index (χ0) is 15.5. The number of carbonyl (C=O) groups is 1. The van der Waals surface area contributed by atoms with Crippen LogP contribution in [0.5, 0.6) is 0 Å². The summed E-state index contributed by atoms with van der Waals surface area (Å²) in [6.45, 7) is 1.86. The second kappa shape index (κ2) is 6.20. The second-order valence-corrected chi connectivity index (χ2v) is 6.65. The highest BCUT2D eigenvalue weighted by molar-refractivity contribution is 7.15. The molecule has 0 bridgehead atoms. The predicted octanol–water partition coefficient (Wildman–Crippen LogP) is 2.40. The summed E-state index contributed by atoms with van der Waals surface area (Å²) >= 11 is 2.69. The van der Waals surface area contributed by atoms with Gasteiger partial charge in [-0.1, -0.05) is 41.7 Å². The number of nitrogen functional groups attached to an aromatic ring is 1. The van der Waals surface area contributed by atoms with Crippen LogP contribution in [0.4, 0.5) is 5.13 Å². The molecule has 1 amide bonds. The van der Waals surface area contributed by atoms with Crippen LogP contribution in [-0.2, 0) is 0 Å². The molecule has 0 aliphatic rings. The van der Waals surface area contributed by atoms with E-state index in [0.717, 1.165) is 10.6 Å². The van der Waals surface area contributed by atoms with E-state index in [2.05, 4.69) is 20.5 Å². The van der Waals surface area contributed by atoms with E-state index in [1.165, 1.54) is 22.7 Å². The lowest BCUT2D eigenvalue weighted by Gasteiger charge is -2.15. The van der Waals surface area contributed by atoms with Gasteiger partial charge in [0.1, 0.15) is 16.7 Å². The first-order valence-corrected chi connectivity index (χ1v) is 8.20. The van der Waals surface area contributed by atoms with Crippen LogP contribution in [0.2, 0.25) is 0 Å². The van der Waals surface area contributed by atoms with Gasteiger partial charge in [0.15, 0.2) is 0 Å². The standard InChI is InChI=1S/C14H13N5OS2/c1-8-16-10(7-21-8)12(20)17-11(9-5-3-2-4-6-9)13-18-19-14(15)22-13/h2-7,11H,1H3,(H2,15,19)(H,17,20)/t11-/m1/s1. The minimum Gasteiger partial charge on any atom is -0.374 e. The first kappa shape index (κ1) is 14.6. The van der Waals surface area contributed by atoms with E-state index in [1.807, 2.05) is 37.3 Å². The Hall–Kier alpha value is -2.32. The predicted molar refractivity (Wildman–Crippen MR) is 86.9 cm³/mol. The van der Waals surface area contributed by atoms with E-state index >= 15 is 0 Å². The molecular formula is C14H13N5OS2. The Balaban J connectivity index is 1.91. The van der Waals surface area contributed by atoms with E-state index in [9.17, 15) is 4.79 Å². The second-order valence-electron chi connectivity index (χ2n) is 4.55. The van der Waals surface area contributed by atoms with Gasteiger partial charge in [-0.3, -0.25) is 4.79 Å². The number of aryl methyl sites for hydroxylation is 1. The number of nitrogens with zero attached hydrogens (tertiary/aromatic N) is 3. The first-order valence-electron chi connectivity index (χ1n) is 6.50. The van der Waals surface area contributed by atoms with Gasteiger partial charge in [0.05, 0.1) is 5.01 Å². The van der Waals surface area contributed by atoms with Crippen LogP contribution < -0.4 is 11.1 Å². The molecule has 3 N–H and O–H groups in total. The van der Waals surface area contributed by atoms with Gasteiger partial charge in [-0.25, -0.2) is 4.98 Å². The van der Waals surface area contributed by atoms with Gasteiger partial charge >= 0.3 is 0 Å². The molecule has 8 heteroatoms. The number of carbonyl (C=O) groups excluding carboxylic acids is 1. The fraction of sp³-hybridized carbons (Fsp3) is 0.143. The van der Waals surface area contributed by atoms with E-state index in [1.54, 1.807) is 5.38 Å². The van der Waals surface area contributed by atoms with Gasteiger partial charge in [0.2, 0.25) is 5.13 Å². The third-order valence-electron chi connectivity index (χ3n) is 2.96. The minimum atomic E-state index is -0.398. The van der Waals surface area contributed by atoms with Crippen molar-refractivity contribution in [2.45, 2.75) is 13.0 Å². The van der Waals surface area contributed by atoms with Crippen molar-refractivity contribution in [3.63, 3.8) is 0 Å². The van der Waals surface area contributed by atoms with Gasteiger partial charge in [0.25, 0.3) is 5.91 Å². The zero-order valence-electron chi connectivity index (χ0n) is 11.7. The molecular weight excluding hydrogens is 318 g/mol. The van der Waals surface area contributed by atoms with Gasteiger partial charge in [-0.2, -0.15) is 0 Å². The van der Waals surface area contributed by atoms with Crippen molar-refractivity contribution in [1.29, 1.82) is 0 Å². The van der Waals surface area contributed by atoms with Gasteiger partial charge in [-0.15, -0.1) is 21.5 Å². The number of nitrogens with one attached hydrogen (secondary N) is 1. The molecule has 1 atom stereocenters. The van der Waals surface area contributed by atoms with Gasteiger partial charge in [0, 0.05) is 5.38 Å². The topological polar surface area (TPSA) is 93.8 Å². The molecule has 0 spiro atoms. The van der Waals surface area contributed by atoms with Crippen LogP contribution in [0.15, 0.2) is 35.7 Å². The third kappa shape index (κ3) is 3.12. The Morgan fingerprint density at radius 2 is 2.05 bits per heavy atom.